The predicted molar refractivity (Wildman–Crippen MR) is 407 cm³/mol. The first-order valence-corrected chi connectivity index (χ1v) is 33.6. The summed E-state index contributed by atoms with van der Waals surface area (Å²) in [5.41, 5.74) is 22.0. The monoisotopic (exact) mass is 1300 g/mol. The molecule has 0 atom stereocenters. The zero-order chi connectivity index (χ0) is 64.6. The molecule has 0 spiro atoms. The van der Waals surface area contributed by atoms with E-state index in [1.807, 2.05) is 72.8 Å². The molecule has 455 valence electrons. The molecular weight excluding hydrogens is 1240 g/mol. The van der Waals surface area contributed by atoms with Gasteiger partial charge < -0.3 is 18.5 Å². The summed E-state index contributed by atoms with van der Waals surface area (Å²) >= 11 is 3.60. The molecule has 2 aliphatic rings. The van der Waals surface area contributed by atoms with Gasteiger partial charge in [-0.2, -0.15) is 0 Å². The van der Waals surface area contributed by atoms with Crippen molar-refractivity contribution >= 4 is 132 Å². The molecular formula is C90H61BBrO4. The third-order valence-corrected chi connectivity index (χ3v) is 21.1. The molecule has 6 heteroatoms. The Bertz CT molecular complexity index is 6150. The van der Waals surface area contributed by atoms with Crippen LogP contribution in [-0.2, 0) is 10.8 Å². The minimum atomic E-state index is -0.0584. The maximum atomic E-state index is 9.36. The van der Waals surface area contributed by atoms with Gasteiger partial charge in [-0.05, 0) is 211 Å². The summed E-state index contributed by atoms with van der Waals surface area (Å²) in [5.74, 6) is 0.655. The normalized spacial score (nSPS) is 13.3. The van der Waals surface area contributed by atoms with Crippen LogP contribution in [0, 0.1) is 0 Å². The van der Waals surface area contributed by atoms with Gasteiger partial charge in [-0.25, -0.2) is 0 Å². The Balaban J connectivity index is 0.000000115. The number of fused-ring (bicyclic) bond motifs is 18. The van der Waals surface area contributed by atoms with Crippen molar-refractivity contribution in [3.63, 3.8) is 0 Å². The van der Waals surface area contributed by atoms with E-state index >= 15 is 0 Å². The number of furan rings is 2. The average Bonchev–Trinajstić information content (AvgIpc) is 1.42. The fraction of sp³-hybridized carbons (Fsp3) is 0.0667. The van der Waals surface area contributed by atoms with Gasteiger partial charge in [-0.15, -0.1) is 0 Å². The molecule has 0 amide bonds. The molecule has 2 aromatic heterocycles. The second-order valence-electron chi connectivity index (χ2n) is 26.7. The van der Waals surface area contributed by atoms with Gasteiger partial charge >= 0.3 is 7.69 Å². The van der Waals surface area contributed by atoms with Crippen LogP contribution in [0.5, 0.6) is 5.75 Å². The number of para-hydroxylation sites is 2. The smallest absolute Gasteiger partial charge is 0.537 e. The van der Waals surface area contributed by atoms with Gasteiger partial charge in [-0.1, -0.05) is 256 Å². The number of benzene rings is 16. The van der Waals surface area contributed by atoms with Crippen molar-refractivity contribution in [2.45, 2.75) is 38.5 Å². The topological polar surface area (TPSA) is 55.7 Å². The van der Waals surface area contributed by atoms with Gasteiger partial charge in [-0.3, -0.25) is 0 Å². The van der Waals surface area contributed by atoms with E-state index in [1.54, 1.807) is 0 Å². The molecule has 16 aromatic carbocycles. The summed E-state index contributed by atoms with van der Waals surface area (Å²) in [6.07, 6.45) is 0. The second-order valence-corrected chi connectivity index (χ2v) is 27.6. The fourth-order valence-electron chi connectivity index (χ4n) is 16.1. The standard InChI is InChI=1S/C45H30O.C26H16BO3.C19H15Br/c1-45(2)39-21-19-29(24-36(39)37-23-27-11-3-4-12-28(27)26-40(37)45)43-32-14-5-7-16-34(32)44(35-17-8-6-15-33(35)43)30-20-22-42-38(25-30)31-13-9-10-18-41(31)46-42;28-27-30-26-20-10-3-1-8-18(20)25(19-9-2-4-11-21(19)26)16-13-14-24-22(15-16)17-7-5-6-12-23(17)29-24;1-19(2)17-8-7-14(20)11-16(17)15-9-12-5-3-4-6-13(12)10-18(15)19/h3-26H,1-2H3;1-15,28H;3-11H,1-2H3. The van der Waals surface area contributed by atoms with Crippen LogP contribution in [0.15, 0.2) is 304 Å². The quantitative estimate of drug-likeness (QED) is 0.138. The van der Waals surface area contributed by atoms with Gasteiger partial charge in [0.2, 0.25) is 0 Å². The van der Waals surface area contributed by atoms with Crippen molar-refractivity contribution < 1.29 is 18.5 Å². The van der Waals surface area contributed by atoms with E-state index < -0.39 is 0 Å². The SMILES string of the molecule is CC1(C)c2ccc(-c3c4ccccc4c(-c4ccc5oc6ccccc6c5c4)c4ccccc34)cc2-c2cc3ccccc3cc21.CC1(C)c2ccc(Br)cc2-c2cc3ccccc3cc21.O[B]Oc1c2ccccc2c(-c2ccc3oc4ccccc4c3c2)c2ccccc12. The van der Waals surface area contributed by atoms with Gasteiger partial charge in [0.05, 0.1) is 0 Å². The van der Waals surface area contributed by atoms with E-state index in [0.717, 1.165) is 88.7 Å². The lowest BCUT2D eigenvalue weighted by atomic mass is 9.81. The van der Waals surface area contributed by atoms with Gasteiger partial charge in [0.15, 0.2) is 0 Å². The highest BCUT2D eigenvalue weighted by Gasteiger charge is 2.37. The van der Waals surface area contributed by atoms with Crippen LogP contribution >= 0.6 is 15.9 Å². The third kappa shape index (κ3) is 9.07. The maximum Gasteiger partial charge on any atom is 0.569 e. The van der Waals surface area contributed by atoms with Crippen molar-refractivity contribution in [3.8, 4) is 61.4 Å². The van der Waals surface area contributed by atoms with E-state index in [0.29, 0.717) is 5.75 Å². The number of rotatable bonds is 5. The number of hydrogen-bond acceptors (Lipinski definition) is 4. The molecule has 0 fully saturated rings. The van der Waals surface area contributed by atoms with Crippen LogP contribution in [0.3, 0.4) is 0 Å². The highest BCUT2D eigenvalue weighted by molar-refractivity contribution is 9.10. The Morgan fingerprint density at radius 2 is 0.604 bits per heavy atom. The Labute approximate surface area is 564 Å². The van der Waals surface area contributed by atoms with E-state index in [-0.39, 0.29) is 10.8 Å². The summed E-state index contributed by atoms with van der Waals surface area (Å²) in [7, 11) is 0.748. The van der Waals surface area contributed by atoms with Gasteiger partial charge in [0.1, 0.15) is 28.1 Å². The molecule has 1 radical (unpaired) electrons. The lowest BCUT2D eigenvalue weighted by molar-refractivity contribution is 0.459. The Hall–Kier alpha value is -11.0. The molecule has 20 rings (SSSR count). The zero-order valence-corrected chi connectivity index (χ0v) is 54.9. The molecule has 1 N–H and O–H groups in total. The number of halogens is 1. The summed E-state index contributed by atoms with van der Waals surface area (Å²) in [6.45, 7) is 9.37. The Morgan fingerprint density at radius 1 is 0.292 bits per heavy atom. The largest absolute Gasteiger partial charge is 0.569 e. The van der Waals surface area contributed by atoms with Crippen LogP contribution in [-0.4, -0.2) is 12.7 Å². The first-order chi connectivity index (χ1) is 47.0. The average molecular weight is 1300 g/mol. The fourth-order valence-corrected chi connectivity index (χ4v) is 16.5. The molecule has 2 heterocycles. The van der Waals surface area contributed by atoms with Gasteiger partial charge in [0, 0.05) is 47.6 Å². The first kappa shape index (κ1) is 57.6. The van der Waals surface area contributed by atoms with E-state index in [1.165, 1.54) is 110 Å². The summed E-state index contributed by atoms with van der Waals surface area (Å²) < 4.78 is 18.9. The van der Waals surface area contributed by atoms with E-state index in [4.69, 9.17) is 13.5 Å². The molecule has 18 aromatic rings. The van der Waals surface area contributed by atoms with E-state index in [2.05, 4.69) is 262 Å². The van der Waals surface area contributed by atoms with Gasteiger partial charge in [0.25, 0.3) is 0 Å². The number of hydrogen-bond donors (Lipinski definition) is 1. The van der Waals surface area contributed by atoms with Crippen molar-refractivity contribution in [1.82, 2.24) is 0 Å². The molecule has 0 bridgehead atoms. The highest BCUT2D eigenvalue weighted by atomic mass is 79.9. The molecule has 0 unspecified atom stereocenters. The Morgan fingerprint density at radius 3 is 1.03 bits per heavy atom. The maximum absolute atomic E-state index is 9.36. The molecule has 0 aliphatic heterocycles. The lowest BCUT2D eigenvalue weighted by Crippen LogP contribution is -2.14. The molecule has 0 saturated carbocycles. The van der Waals surface area contributed by atoms with Crippen LogP contribution in [0.4, 0.5) is 0 Å². The predicted octanol–water partition coefficient (Wildman–Crippen LogP) is 25.1. The minimum Gasteiger partial charge on any atom is -0.537 e. The molecule has 2 aliphatic carbocycles. The van der Waals surface area contributed by atoms with Crippen LogP contribution in [0.2, 0.25) is 0 Å². The van der Waals surface area contributed by atoms with Crippen molar-refractivity contribution in [1.29, 1.82) is 0 Å². The summed E-state index contributed by atoms with van der Waals surface area (Å²) in [6, 6.07) is 104. The van der Waals surface area contributed by atoms with Crippen molar-refractivity contribution in [3.05, 3.63) is 318 Å². The second kappa shape index (κ2) is 22.3. The van der Waals surface area contributed by atoms with Crippen LogP contribution in [0.1, 0.15) is 49.9 Å². The minimum absolute atomic E-state index is 0.0584. The van der Waals surface area contributed by atoms with Crippen molar-refractivity contribution in [2.75, 3.05) is 0 Å². The van der Waals surface area contributed by atoms with Crippen LogP contribution in [0.25, 0.3) is 164 Å². The van der Waals surface area contributed by atoms with Crippen molar-refractivity contribution in [2.24, 2.45) is 0 Å². The molecule has 4 nitrogen and oxygen atoms in total. The molecule has 96 heavy (non-hydrogen) atoms. The third-order valence-electron chi connectivity index (χ3n) is 20.7. The summed E-state index contributed by atoms with van der Waals surface area (Å²) in [4.78, 5) is 0. The summed E-state index contributed by atoms with van der Waals surface area (Å²) in [5, 5.41) is 28.2. The highest BCUT2D eigenvalue weighted by Crippen LogP contribution is 2.54. The van der Waals surface area contributed by atoms with Crippen LogP contribution < -0.4 is 4.65 Å². The first-order valence-electron chi connectivity index (χ1n) is 32.8. The lowest BCUT2D eigenvalue weighted by Gasteiger charge is -2.22. The molecule has 0 saturated heterocycles. The van der Waals surface area contributed by atoms with E-state index in [9.17, 15) is 5.02 Å². The zero-order valence-electron chi connectivity index (χ0n) is 53.3. The Kier molecular flexibility index (Phi) is 13.4.